The summed E-state index contributed by atoms with van der Waals surface area (Å²) < 4.78 is 18.0. The summed E-state index contributed by atoms with van der Waals surface area (Å²) in [4.78, 5) is 0. The zero-order chi connectivity index (χ0) is 10.4. The summed E-state index contributed by atoms with van der Waals surface area (Å²) in [6.07, 6.45) is 0.785. The summed E-state index contributed by atoms with van der Waals surface area (Å²) in [5.41, 5.74) is 6.54. The van der Waals surface area contributed by atoms with Gasteiger partial charge in [-0.1, -0.05) is 15.9 Å². The monoisotopic (exact) mass is 261 g/mol. The van der Waals surface area contributed by atoms with E-state index in [1.165, 1.54) is 0 Å². The number of benzene rings is 1. The first-order chi connectivity index (χ1) is 6.77. The molecule has 0 fully saturated rings. The molecule has 0 bridgehead atoms. The van der Waals surface area contributed by atoms with E-state index in [0.29, 0.717) is 12.3 Å². The summed E-state index contributed by atoms with van der Waals surface area (Å²) in [6.45, 7) is 0.219. The summed E-state index contributed by atoms with van der Waals surface area (Å²) in [6, 6.07) is 5.57. The highest BCUT2D eigenvalue weighted by Crippen LogP contribution is 2.22. The Labute approximate surface area is 91.4 Å². The Kier molecular flexibility index (Phi) is 4.90. The van der Waals surface area contributed by atoms with E-state index in [0.717, 1.165) is 16.5 Å². The fraction of sp³-hybridized carbons (Fsp3) is 0.400. The van der Waals surface area contributed by atoms with Gasteiger partial charge in [0.2, 0.25) is 0 Å². The minimum Gasteiger partial charge on any atom is -0.491 e. The van der Waals surface area contributed by atoms with Gasteiger partial charge in [-0.25, -0.2) is 4.39 Å². The van der Waals surface area contributed by atoms with Crippen LogP contribution in [-0.4, -0.2) is 19.8 Å². The van der Waals surface area contributed by atoms with E-state index in [1.54, 1.807) is 6.07 Å². The van der Waals surface area contributed by atoms with Crippen molar-refractivity contribution < 1.29 is 9.13 Å². The second-order valence-corrected chi connectivity index (χ2v) is 3.68. The predicted molar refractivity (Wildman–Crippen MR) is 58.4 cm³/mol. The van der Waals surface area contributed by atoms with Gasteiger partial charge in [0.1, 0.15) is 19.0 Å². The molecule has 0 aliphatic rings. The van der Waals surface area contributed by atoms with E-state index in [-0.39, 0.29) is 6.61 Å². The van der Waals surface area contributed by atoms with E-state index in [4.69, 9.17) is 10.5 Å². The topological polar surface area (TPSA) is 35.2 Å². The Bertz CT molecular complexity index is 293. The summed E-state index contributed by atoms with van der Waals surface area (Å²) in [5, 5.41) is 0. The molecule has 0 heterocycles. The Morgan fingerprint density at radius 1 is 1.43 bits per heavy atom. The number of hydrogen-bond donors (Lipinski definition) is 1. The fourth-order valence-electron chi connectivity index (χ4n) is 1.14. The summed E-state index contributed by atoms with van der Waals surface area (Å²) in [7, 11) is 0. The van der Waals surface area contributed by atoms with Crippen molar-refractivity contribution in [2.24, 2.45) is 5.73 Å². The first-order valence-corrected chi connectivity index (χ1v) is 5.24. The van der Waals surface area contributed by atoms with Crippen molar-refractivity contribution in [3.05, 3.63) is 28.2 Å². The molecule has 2 N–H and O–H groups in total. The number of halogens is 2. The van der Waals surface area contributed by atoms with Crippen LogP contribution in [0.1, 0.15) is 5.56 Å². The minimum atomic E-state index is -0.470. The van der Waals surface area contributed by atoms with Crippen LogP contribution in [-0.2, 0) is 6.42 Å². The largest absolute Gasteiger partial charge is 0.491 e. The molecule has 0 aliphatic heterocycles. The van der Waals surface area contributed by atoms with Crippen molar-refractivity contribution in [3.8, 4) is 5.75 Å². The third kappa shape index (κ3) is 3.27. The van der Waals surface area contributed by atoms with Gasteiger partial charge in [-0.3, -0.25) is 0 Å². The third-order valence-corrected chi connectivity index (χ3v) is 2.55. The maximum atomic E-state index is 11.9. The zero-order valence-corrected chi connectivity index (χ0v) is 9.39. The van der Waals surface area contributed by atoms with Gasteiger partial charge in [-0.15, -0.1) is 0 Å². The lowest BCUT2D eigenvalue weighted by Crippen LogP contribution is -2.04. The lowest BCUT2D eigenvalue weighted by Gasteiger charge is -2.07. The van der Waals surface area contributed by atoms with Crippen LogP contribution in [0, 0.1) is 0 Å². The number of rotatable bonds is 5. The predicted octanol–water partition coefficient (Wildman–Crippen LogP) is 2.30. The highest BCUT2D eigenvalue weighted by atomic mass is 79.9. The molecule has 4 heteroatoms. The smallest absolute Gasteiger partial charge is 0.123 e. The average molecular weight is 262 g/mol. The molecule has 0 unspecified atom stereocenters. The molecule has 0 atom stereocenters. The van der Waals surface area contributed by atoms with E-state index in [2.05, 4.69) is 15.9 Å². The Morgan fingerprint density at radius 3 is 2.86 bits per heavy atom. The maximum Gasteiger partial charge on any atom is 0.123 e. The highest BCUT2D eigenvalue weighted by Gasteiger charge is 2.01. The molecule has 0 aromatic heterocycles. The molecular weight excluding hydrogens is 249 g/mol. The lowest BCUT2D eigenvalue weighted by atomic mass is 10.1. The van der Waals surface area contributed by atoms with Gasteiger partial charge in [-0.2, -0.15) is 0 Å². The normalized spacial score (nSPS) is 10.2. The van der Waals surface area contributed by atoms with Crippen LogP contribution in [0.5, 0.6) is 5.75 Å². The third-order valence-electron chi connectivity index (χ3n) is 1.78. The number of ether oxygens (including phenoxy) is 1. The molecule has 0 aliphatic carbocycles. The molecule has 78 valence electrons. The van der Waals surface area contributed by atoms with Gasteiger partial charge in [0.25, 0.3) is 0 Å². The molecule has 0 saturated heterocycles. The van der Waals surface area contributed by atoms with E-state index >= 15 is 0 Å². The highest BCUT2D eigenvalue weighted by molar-refractivity contribution is 9.10. The van der Waals surface area contributed by atoms with Crippen molar-refractivity contribution in [3.63, 3.8) is 0 Å². The molecule has 1 aromatic carbocycles. The molecule has 1 rings (SSSR count). The van der Waals surface area contributed by atoms with E-state index in [9.17, 15) is 4.39 Å². The Morgan fingerprint density at radius 2 is 2.21 bits per heavy atom. The van der Waals surface area contributed by atoms with Gasteiger partial charge in [0.15, 0.2) is 0 Å². The molecule has 1 aromatic rings. The van der Waals surface area contributed by atoms with Gasteiger partial charge in [0, 0.05) is 4.47 Å². The Hall–Kier alpha value is -0.610. The molecule has 14 heavy (non-hydrogen) atoms. The second kappa shape index (κ2) is 5.98. The zero-order valence-electron chi connectivity index (χ0n) is 7.80. The molecular formula is C10H13BrFNO. The maximum absolute atomic E-state index is 11.9. The van der Waals surface area contributed by atoms with Gasteiger partial charge < -0.3 is 10.5 Å². The Balaban J connectivity index is 2.72. The second-order valence-electron chi connectivity index (χ2n) is 2.83. The minimum absolute atomic E-state index is 0.101. The van der Waals surface area contributed by atoms with Crippen LogP contribution in [0.4, 0.5) is 4.39 Å². The lowest BCUT2D eigenvalue weighted by molar-refractivity contribution is 0.273. The first kappa shape index (κ1) is 11.5. The van der Waals surface area contributed by atoms with Crippen LogP contribution in [0.3, 0.4) is 0 Å². The van der Waals surface area contributed by atoms with Crippen molar-refractivity contribution in [2.75, 3.05) is 19.8 Å². The quantitative estimate of drug-likeness (QED) is 0.883. The van der Waals surface area contributed by atoms with Crippen LogP contribution in [0.25, 0.3) is 0 Å². The number of nitrogens with two attached hydrogens (primary N) is 1. The van der Waals surface area contributed by atoms with Crippen molar-refractivity contribution in [2.45, 2.75) is 6.42 Å². The number of alkyl halides is 1. The van der Waals surface area contributed by atoms with Crippen molar-refractivity contribution in [1.29, 1.82) is 0 Å². The molecule has 2 nitrogen and oxygen atoms in total. The van der Waals surface area contributed by atoms with Gasteiger partial charge in [-0.05, 0) is 36.7 Å². The van der Waals surface area contributed by atoms with Gasteiger partial charge in [0.05, 0.1) is 0 Å². The molecule has 0 saturated carbocycles. The summed E-state index contributed by atoms with van der Waals surface area (Å²) >= 11 is 3.41. The molecule has 0 spiro atoms. The fourth-order valence-corrected chi connectivity index (χ4v) is 1.59. The van der Waals surface area contributed by atoms with Crippen molar-refractivity contribution >= 4 is 15.9 Å². The first-order valence-electron chi connectivity index (χ1n) is 4.45. The molecule has 0 radical (unpaired) electrons. The van der Waals surface area contributed by atoms with Gasteiger partial charge >= 0.3 is 0 Å². The van der Waals surface area contributed by atoms with E-state index < -0.39 is 6.67 Å². The number of hydrogen-bond acceptors (Lipinski definition) is 2. The van der Waals surface area contributed by atoms with Crippen LogP contribution in [0.15, 0.2) is 22.7 Å². The van der Waals surface area contributed by atoms with Crippen LogP contribution < -0.4 is 10.5 Å². The van der Waals surface area contributed by atoms with E-state index in [1.807, 2.05) is 12.1 Å². The van der Waals surface area contributed by atoms with Crippen LogP contribution >= 0.6 is 15.9 Å². The molecule has 0 amide bonds. The SMILES string of the molecule is NCCc1cc(OCCF)ccc1Br. The summed E-state index contributed by atoms with van der Waals surface area (Å²) in [5.74, 6) is 0.689. The van der Waals surface area contributed by atoms with Crippen LogP contribution in [0.2, 0.25) is 0 Å². The average Bonchev–Trinajstić information content (AvgIpc) is 2.19. The standard InChI is InChI=1S/C10H13BrFNO/c11-10-2-1-9(14-6-4-12)7-8(10)3-5-13/h1-2,7H,3-6,13H2. The van der Waals surface area contributed by atoms with Crippen molar-refractivity contribution in [1.82, 2.24) is 0 Å².